The Morgan fingerprint density at radius 1 is 1.42 bits per heavy atom. The first-order chi connectivity index (χ1) is 5.48. The molecule has 0 heterocycles. The van der Waals surface area contributed by atoms with Crippen LogP contribution in [0.2, 0.25) is 0 Å². The maximum absolute atomic E-state index is 5.42. The Morgan fingerprint density at radius 3 is 2.42 bits per heavy atom. The van der Waals surface area contributed by atoms with E-state index in [0.717, 1.165) is 29.8 Å². The van der Waals surface area contributed by atoms with E-state index < -0.39 is 0 Å². The normalized spacial score (nSPS) is 11.7. The maximum atomic E-state index is 5.42. The van der Waals surface area contributed by atoms with E-state index in [1.807, 2.05) is 6.92 Å². The molecule has 0 aliphatic rings. The van der Waals surface area contributed by atoms with Gasteiger partial charge in [-0.2, -0.15) is 0 Å². The lowest BCUT2D eigenvalue weighted by Gasteiger charge is -2.27. The third kappa shape index (κ3) is 6.38. The van der Waals surface area contributed by atoms with Crippen LogP contribution in [-0.2, 0) is 4.74 Å². The first kappa shape index (κ1) is 11.7. The minimum absolute atomic E-state index is 0.698. The minimum Gasteiger partial charge on any atom is -0.371 e. The molecule has 0 saturated heterocycles. The molecule has 12 heavy (non-hydrogen) atoms. The molecule has 2 nitrogen and oxygen atoms in total. The van der Waals surface area contributed by atoms with Crippen LogP contribution in [0, 0.1) is 0 Å². The highest BCUT2D eigenvalue weighted by Gasteiger charge is 2.10. The van der Waals surface area contributed by atoms with Crippen molar-refractivity contribution < 1.29 is 9.22 Å². The summed E-state index contributed by atoms with van der Waals surface area (Å²) in [4.78, 5) is 0. The maximum Gasteiger partial charge on any atom is 0.102 e. The highest BCUT2D eigenvalue weighted by atomic mass is 16.5. The molecular weight excluding hydrogens is 150 g/mol. The fourth-order valence-electron chi connectivity index (χ4n) is 0.716. The van der Waals surface area contributed by atoms with Gasteiger partial charge in [-0.25, -0.2) is 0 Å². The number of ether oxygens (including phenoxy) is 1. The van der Waals surface area contributed by atoms with Gasteiger partial charge in [0.15, 0.2) is 0 Å². The summed E-state index contributed by atoms with van der Waals surface area (Å²) < 4.78 is 6.44. The number of likely N-dealkylation sites (N-methyl/N-ethyl adjacent to an activating group) is 1. The van der Waals surface area contributed by atoms with Gasteiger partial charge >= 0.3 is 0 Å². The average molecular weight is 172 g/mol. The van der Waals surface area contributed by atoms with E-state index in [9.17, 15) is 0 Å². The van der Waals surface area contributed by atoms with Crippen molar-refractivity contribution in [3.05, 3.63) is 12.2 Å². The van der Waals surface area contributed by atoms with E-state index in [0.29, 0.717) is 6.61 Å². The van der Waals surface area contributed by atoms with Gasteiger partial charge in [-0.05, 0) is 13.8 Å². The molecule has 0 rings (SSSR count). The van der Waals surface area contributed by atoms with Crippen LogP contribution < -0.4 is 0 Å². The van der Waals surface area contributed by atoms with E-state index in [1.54, 1.807) is 0 Å². The van der Waals surface area contributed by atoms with Gasteiger partial charge in [0.2, 0.25) is 0 Å². The number of rotatable bonds is 6. The molecule has 0 radical (unpaired) electrons. The molecule has 0 spiro atoms. The molecule has 0 aliphatic carbocycles. The summed E-state index contributed by atoms with van der Waals surface area (Å²) in [6.45, 7) is 11.7. The lowest BCUT2D eigenvalue weighted by atomic mass is 10.4. The molecule has 0 N–H and O–H groups in total. The zero-order valence-electron chi connectivity index (χ0n) is 8.89. The molecular formula is C10H22NO+. The standard InChI is InChI=1S/C10H22NO/c1-6-11(4,5)7-8-12-9-10(2)3/h2,6-9H2,1,3-5H3/q+1. The Kier molecular flexibility index (Phi) is 5.18. The zero-order chi connectivity index (χ0) is 9.61. The average Bonchev–Trinajstić information content (AvgIpc) is 1.98. The smallest absolute Gasteiger partial charge is 0.102 e. The first-order valence-corrected chi connectivity index (χ1v) is 4.52. The summed E-state index contributed by atoms with van der Waals surface area (Å²) in [5.74, 6) is 0. The number of quaternary nitrogens is 1. The van der Waals surface area contributed by atoms with Crippen LogP contribution in [0.25, 0.3) is 0 Å². The molecule has 0 bridgehead atoms. The molecule has 0 fully saturated rings. The summed E-state index contributed by atoms with van der Waals surface area (Å²) in [6.07, 6.45) is 0. The highest BCUT2D eigenvalue weighted by Crippen LogP contribution is 1.96. The predicted molar refractivity (Wildman–Crippen MR) is 53.1 cm³/mol. The second kappa shape index (κ2) is 5.33. The van der Waals surface area contributed by atoms with Crippen molar-refractivity contribution in [2.45, 2.75) is 13.8 Å². The Hall–Kier alpha value is -0.340. The summed E-state index contributed by atoms with van der Waals surface area (Å²) in [5, 5.41) is 0. The molecule has 2 heteroatoms. The fourth-order valence-corrected chi connectivity index (χ4v) is 0.716. The Morgan fingerprint density at radius 2 is 2.00 bits per heavy atom. The summed E-state index contributed by atoms with van der Waals surface area (Å²) in [5.41, 5.74) is 1.09. The molecule has 0 amide bonds. The Balaban J connectivity index is 3.37. The topological polar surface area (TPSA) is 9.23 Å². The van der Waals surface area contributed by atoms with Crippen LogP contribution in [0.4, 0.5) is 0 Å². The summed E-state index contributed by atoms with van der Waals surface area (Å²) >= 11 is 0. The Bertz CT molecular complexity index is 141. The van der Waals surface area contributed by atoms with Gasteiger partial charge in [0.05, 0.1) is 33.9 Å². The van der Waals surface area contributed by atoms with Crippen LogP contribution in [0.15, 0.2) is 12.2 Å². The number of hydrogen-bond donors (Lipinski definition) is 0. The molecule has 0 aromatic heterocycles. The van der Waals surface area contributed by atoms with Crippen molar-refractivity contribution in [2.75, 3.05) is 40.4 Å². The zero-order valence-corrected chi connectivity index (χ0v) is 8.89. The van der Waals surface area contributed by atoms with Crippen molar-refractivity contribution in [2.24, 2.45) is 0 Å². The van der Waals surface area contributed by atoms with E-state index in [1.165, 1.54) is 0 Å². The molecule has 0 saturated carbocycles. The van der Waals surface area contributed by atoms with E-state index in [-0.39, 0.29) is 0 Å². The summed E-state index contributed by atoms with van der Waals surface area (Å²) in [7, 11) is 4.42. The third-order valence-electron chi connectivity index (χ3n) is 2.05. The van der Waals surface area contributed by atoms with E-state index in [4.69, 9.17) is 4.74 Å². The molecule has 0 aliphatic heterocycles. The number of nitrogens with zero attached hydrogens (tertiary/aromatic N) is 1. The molecule has 0 aromatic carbocycles. The van der Waals surface area contributed by atoms with Crippen molar-refractivity contribution in [1.82, 2.24) is 0 Å². The second-order valence-electron chi connectivity index (χ2n) is 3.99. The molecule has 0 atom stereocenters. The van der Waals surface area contributed by atoms with Gasteiger partial charge in [0, 0.05) is 0 Å². The van der Waals surface area contributed by atoms with Gasteiger partial charge < -0.3 is 9.22 Å². The minimum atomic E-state index is 0.698. The van der Waals surface area contributed by atoms with Crippen LogP contribution >= 0.6 is 0 Å². The van der Waals surface area contributed by atoms with Crippen molar-refractivity contribution in [1.29, 1.82) is 0 Å². The van der Waals surface area contributed by atoms with Crippen LogP contribution in [0.3, 0.4) is 0 Å². The van der Waals surface area contributed by atoms with Crippen LogP contribution in [-0.4, -0.2) is 44.9 Å². The first-order valence-electron chi connectivity index (χ1n) is 4.52. The predicted octanol–water partition coefficient (Wildman–Crippen LogP) is 1.68. The largest absolute Gasteiger partial charge is 0.371 e. The number of hydrogen-bond acceptors (Lipinski definition) is 1. The van der Waals surface area contributed by atoms with Crippen LogP contribution in [0.1, 0.15) is 13.8 Å². The Labute approximate surface area is 76.4 Å². The monoisotopic (exact) mass is 172 g/mol. The van der Waals surface area contributed by atoms with Gasteiger partial charge in [-0.3, -0.25) is 0 Å². The van der Waals surface area contributed by atoms with E-state index >= 15 is 0 Å². The van der Waals surface area contributed by atoms with Gasteiger partial charge in [-0.15, -0.1) is 0 Å². The van der Waals surface area contributed by atoms with Crippen LogP contribution in [0.5, 0.6) is 0 Å². The van der Waals surface area contributed by atoms with Gasteiger partial charge in [0.1, 0.15) is 6.54 Å². The molecule has 0 aromatic rings. The second-order valence-corrected chi connectivity index (χ2v) is 3.99. The van der Waals surface area contributed by atoms with Crippen molar-refractivity contribution >= 4 is 0 Å². The van der Waals surface area contributed by atoms with Gasteiger partial charge in [-0.1, -0.05) is 12.2 Å². The molecule has 72 valence electrons. The van der Waals surface area contributed by atoms with E-state index in [2.05, 4.69) is 27.6 Å². The van der Waals surface area contributed by atoms with Gasteiger partial charge in [0.25, 0.3) is 0 Å². The van der Waals surface area contributed by atoms with Crippen molar-refractivity contribution in [3.63, 3.8) is 0 Å². The van der Waals surface area contributed by atoms with Crippen molar-refractivity contribution in [3.8, 4) is 0 Å². The molecule has 0 unspecified atom stereocenters. The summed E-state index contributed by atoms with van der Waals surface area (Å²) in [6, 6.07) is 0. The highest BCUT2D eigenvalue weighted by molar-refractivity contribution is 4.87. The quantitative estimate of drug-likeness (QED) is 0.336. The fraction of sp³-hybridized carbons (Fsp3) is 0.800. The third-order valence-corrected chi connectivity index (χ3v) is 2.05. The SMILES string of the molecule is C=C(C)COCC[N+](C)(C)CC. The lowest BCUT2D eigenvalue weighted by Crippen LogP contribution is -2.41. The lowest BCUT2D eigenvalue weighted by molar-refractivity contribution is -0.888.